The zero-order chi connectivity index (χ0) is 11.5. The van der Waals surface area contributed by atoms with Gasteiger partial charge >= 0.3 is 0 Å². The summed E-state index contributed by atoms with van der Waals surface area (Å²) in [7, 11) is 0. The molecule has 0 radical (unpaired) electrons. The molecule has 2 aromatic rings. The molecule has 0 aromatic carbocycles. The highest BCUT2D eigenvalue weighted by atomic mass is 32.1. The van der Waals surface area contributed by atoms with E-state index in [9.17, 15) is 4.79 Å². The lowest BCUT2D eigenvalue weighted by molar-refractivity contribution is 0.102. The first-order valence-corrected chi connectivity index (χ1v) is 5.99. The first-order chi connectivity index (χ1) is 7.66. The summed E-state index contributed by atoms with van der Waals surface area (Å²) < 4.78 is 1.81. The number of thiophene rings is 1. The molecule has 0 saturated heterocycles. The summed E-state index contributed by atoms with van der Waals surface area (Å²) in [5, 5.41) is 10.7. The second-order valence-electron chi connectivity index (χ2n) is 3.77. The lowest BCUT2D eigenvalue weighted by Gasteiger charge is -2.03. The van der Waals surface area contributed by atoms with Crippen molar-refractivity contribution in [1.82, 2.24) is 9.78 Å². The normalized spacial score (nSPS) is 10.7. The highest BCUT2D eigenvalue weighted by Crippen LogP contribution is 2.12. The predicted molar refractivity (Wildman–Crippen MR) is 64.9 cm³/mol. The highest BCUT2D eigenvalue weighted by Gasteiger charge is 2.08. The van der Waals surface area contributed by atoms with Gasteiger partial charge in [-0.2, -0.15) is 16.4 Å². The molecule has 0 bridgehead atoms. The third kappa shape index (κ3) is 2.30. The maximum atomic E-state index is 11.7. The van der Waals surface area contributed by atoms with Crippen LogP contribution in [0.3, 0.4) is 0 Å². The van der Waals surface area contributed by atoms with Crippen LogP contribution in [0.5, 0.6) is 0 Å². The van der Waals surface area contributed by atoms with Crippen molar-refractivity contribution in [1.29, 1.82) is 0 Å². The smallest absolute Gasteiger partial charge is 0.256 e. The van der Waals surface area contributed by atoms with Crippen LogP contribution in [-0.4, -0.2) is 15.7 Å². The SMILES string of the molecule is CC(C)n1cc(NC(=O)c2ccsc2)cn1. The minimum Gasteiger partial charge on any atom is -0.319 e. The third-order valence-corrected chi connectivity index (χ3v) is 2.86. The van der Waals surface area contributed by atoms with Crippen molar-refractivity contribution in [3.8, 4) is 0 Å². The van der Waals surface area contributed by atoms with Gasteiger partial charge in [0.15, 0.2) is 0 Å². The fraction of sp³-hybridized carbons (Fsp3) is 0.273. The first kappa shape index (κ1) is 10.9. The minimum atomic E-state index is -0.0930. The van der Waals surface area contributed by atoms with Crippen LogP contribution in [0.25, 0.3) is 0 Å². The van der Waals surface area contributed by atoms with Crippen LogP contribution < -0.4 is 5.32 Å². The Morgan fingerprint density at radius 1 is 1.56 bits per heavy atom. The number of hydrogen-bond acceptors (Lipinski definition) is 3. The molecule has 16 heavy (non-hydrogen) atoms. The van der Waals surface area contributed by atoms with E-state index in [4.69, 9.17) is 0 Å². The van der Waals surface area contributed by atoms with Gasteiger partial charge in [-0.3, -0.25) is 9.48 Å². The molecule has 84 valence electrons. The van der Waals surface area contributed by atoms with Crippen LogP contribution >= 0.6 is 11.3 Å². The molecule has 0 aliphatic carbocycles. The van der Waals surface area contributed by atoms with Crippen molar-refractivity contribution in [3.05, 3.63) is 34.8 Å². The van der Waals surface area contributed by atoms with E-state index in [0.29, 0.717) is 11.6 Å². The molecule has 0 aliphatic heterocycles. The topological polar surface area (TPSA) is 46.9 Å². The maximum absolute atomic E-state index is 11.7. The standard InChI is InChI=1S/C11H13N3OS/c1-8(2)14-6-10(5-12-14)13-11(15)9-3-4-16-7-9/h3-8H,1-2H3,(H,13,15). The molecule has 1 N–H and O–H groups in total. The molecule has 4 nitrogen and oxygen atoms in total. The minimum absolute atomic E-state index is 0.0930. The van der Waals surface area contributed by atoms with E-state index in [1.807, 2.05) is 35.5 Å². The summed E-state index contributed by atoms with van der Waals surface area (Å²) in [6, 6.07) is 2.10. The molecule has 2 rings (SSSR count). The molecule has 0 saturated carbocycles. The molecular weight excluding hydrogens is 222 g/mol. The number of rotatable bonds is 3. The van der Waals surface area contributed by atoms with Gasteiger partial charge in [-0.1, -0.05) is 0 Å². The van der Waals surface area contributed by atoms with Gasteiger partial charge in [0.25, 0.3) is 5.91 Å². The predicted octanol–water partition coefficient (Wildman–Crippen LogP) is 2.78. The number of carbonyl (C=O) groups is 1. The number of anilines is 1. The van der Waals surface area contributed by atoms with Crippen LogP contribution in [0.1, 0.15) is 30.2 Å². The van der Waals surface area contributed by atoms with Gasteiger partial charge in [0.2, 0.25) is 0 Å². The fourth-order valence-electron chi connectivity index (χ4n) is 1.28. The van der Waals surface area contributed by atoms with Crippen molar-refractivity contribution >= 4 is 22.9 Å². The first-order valence-electron chi connectivity index (χ1n) is 5.04. The molecule has 0 spiro atoms. The zero-order valence-corrected chi connectivity index (χ0v) is 9.99. The highest BCUT2D eigenvalue weighted by molar-refractivity contribution is 7.08. The molecule has 0 unspecified atom stereocenters. The number of hydrogen-bond donors (Lipinski definition) is 1. The Labute approximate surface area is 97.9 Å². The third-order valence-electron chi connectivity index (χ3n) is 2.17. The van der Waals surface area contributed by atoms with Gasteiger partial charge in [-0.15, -0.1) is 0 Å². The van der Waals surface area contributed by atoms with Crippen LogP contribution in [0.2, 0.25) is 0 Å². The van der Waals surface area contributed by atoms with Gasteiger partial charge in [0, 0.05) is 17.6 Å². The lowest BCUT2D eigenvalue weighted by atomic mass is 10.3. The van der Waals surface area contributed by atoms with Gasteiger partial charge in [-0.05, 0) is 25.3 Å². The second-order valence-corrected chi connectivity index (χ2v) is 4.55. The van der Waals surface area contributed by atoms with Crippen LogP contribution in [0.15, 0.2) is 29.2 Å². The summed E-state index contributed by atoms with van der Waals surface area (Å²) in [6.07, 6.45) is 3.49. The molecule has 0 atom stereocenters. The van der Waals surface area contributed by atoms with Gasteiger partial charge in [-0.25, -0.2) is 0 Å². The summed E-state index contributed by atoms with van der Waals surface area (Å²) in [5.41, 5.74) is 1.41. The van der Waals surface area contributed by atoms with Crippen molar-refractivity contribution in [3.63, 3.8) is 0 Å². The van der Waals surface area contributed by atoms with E-state index in [0.717, 1.165) is 5.69 Å². The molecule has 2 aromatic heterocycles. The van der Waals surface area contributed by atoms with Crippen molar-refractivity contribution in [2.75, 3.05) is 5.32 Å². The number of nitrogens with zero attached hydrogens (tertiary/aromatic N) is 2. The molecule has 0 aliphatic rings. The second kappa shape index (κ2) is 4.49. The Kier molecular flexibility index (Phi) is 3.05. The van der Waals surface area contributed by atoms with E-state index >= 15 is 0 Å². The summed E-state index contributed by atoms with van der Waals surface area (Å²) >= 11 is 1.51. The Bertz CT molecular complexity index is 473. The van der Waals surface area contributed by atoms with E-state index < -0.39 is 0 Å². The summed E-state index contributed by atoms with van der Waals surface area (Å²) in [5.74, 6) is -0.0930. The van der Waals surface area contributed by atoms with Crippen LogP contribution in [-0.2, 0) is 0 Å². The molecule has 5 heteroatoms. The Morgan fingerprint density at radius 3 is 2.94 bits per heavy atom. The molecule has 1 amide bonds. The van der Waals surface area contributed by atoms with Gasteiger partial charge in [0.1, 0.15) is 0 Å². The number of amides is 1. The maximum Gasteiger partial charge on any atom is 0.256 e. The summed E-state index contributed by atoms with van der Waals surface area (Å²) in [6.45, 7) is 4.08. The van der Waals surface area contributed by atoms with E-state index in [1.165, 1.54) is 11.3 Å². The molecular formula is C11H13N3OS. The number of nitrogens with one attached hydrogen (secondary N) is 1. The molecule has 0 fully saturated rings. The van der Waals surface area contributed by atoms with Crippen molar-refractivity contribution in [2.45, 2.75) is 19.9 Å². The Hall–Kier alpha value is -1.62. The number of carbonyl (C=O) groups excluding carboxylic acids is 1. The van der Waals surface area contributed by atoms with Crippen molar-refractivity contribution in [2.24, 2.45) is 0 Å². The van der Waals surface area contributed by atoms with E-state index in [2.05, 4.69) is 10.4 Å². The average Bonchev–Trinajstić information content (AvgIpc) is 2.87. The monoisotopic (exact) mass is 235 g/mol. The van der Waals surface area contributed by atoms with Gasteiger partial charge < -0.3 is 5.32 Å². The largest absolute Gasteiger partial charge is 0.319 e. The van der Waals surface area contributed by atoms with Gasteiger partial charge in [0.05, 0.1) is 17.4 Å². The number of aromatic nitrogens is 2. The Morgan fingerprint density at radius 2 is 2.38 bits per heavy atom. The lowest BCUT2D eigenvalue weighted by Crippen LogP contribution is -2.10. The van der Waals surface area contributed by atoms with Crippen LogP contribution in [0.4, 0.5) is 5.69 Å². The molecule has 2 heterocycles. The average molecular weight is 235 g/mol. The zero-order valence-electron chi connectivity index (χ0n) is 9.18. The van der Waals surface area contributed by atoms with Crippen molar-refractivity contribution < 1.29 is 4.79 Å². The van der Waals surface area contributed by atoms with E-state index in [-0.39, 0.29) is 5.91 Å². The Balaban J connectivity index is 2.07. The van der Waals surface area contributed by atoms with E-state index in [1.54, 1.807) is 12.3 Å². The van der Waals surface area contributed by atoms with Crippen LogP contribution in [0, 0.1) is 0 Å². The summed E-state index contributed by atoms with van der Waals surface area (Å²) in [4.78, 5) is 11.7. The fourth-order valence-corrected chi connectivity index (χ4v) is 1.92. The quantitative estimate of drug-likeness (QED) is 0.889.